The van der Waals surface area contributed by atoms with Gasteiger partial charge in [-0.1, -0.05) is 22.0 Å². The summed E-state index contributed by atoms with van der Waals surface area (Å²) in [5.74, 6) is -2.26. The Labute approximate surface area is 122 Å². The minimum Gasteiger partial charge on any atom is -0.399 e. The van der Waals surface area contributed by atoms with Crippen molar-refractivity contribution in [2.24, 2.45) is 0 Å². The maximum absolute atomic E-state index is 13.8. The van der Waals surface area contributed by atoms with Gasteiger partial charge in [0.2, 0.25) is 0 Å². The first-order chi connectivity index (χ1) is 9.38. The lowest BCUT2D eigenvalue weighted by atomic mass is 10.1. The molecule has 2 aromatic carbocycles. The van der Waals surface area contributed by atoms with Gasteiger partial charge in [0.05, 0.1) is 0 Å². The van der Waals surface area contributed by atoms with E-state index in [4.69, 9.17) is 5.73 Å². The summed E-state index contributed by atoms with van der Waals surface area (Å²) in [4.78, 5) is 12.0. The standard InChI is InChI=1S/C14H11BrF2N2O/c1-7-2-3-11(16)13(12(7)17)19-14(20)8-4-9(15)6-10(18)5-8/h2-6H,18H2,1H3,(H,19,20). The third-order valence-corrected chi connectivity index (χ3v) is 3.16. The first-order valence-electron chi connectivity index (χ1n) is 5.70. The van der Waals surface area contributed by atoms with E-state index < -0.39 is 23.2 Å². The topological polar surface area (TPSA) is 55.1 Å². The van der Waals surface area contributed by atoms with Crippen LogP contribution in [-0.2, 0) is 0 Å². The minimum absolute atomic E-state index is 0.206. The summed E-state index contributed by atoms with van der Waals surface area (Å²) in [6.07, 6.45) is 0. The van der Waals surface area contributed by atoms with Gasteiger partial charge in [-0.05, 0) is 36.8 Å². The van der Waals surface area contributed by atoms with E-state index in [1.54, 1.807) is 6.07 Å². The van der Waals surface area contributed by atoms with E-state index in [0.717, 1.165) is 6.07 Å². The van der Waals surface area contributed by atoms with E-state index in [1.165, 1.54) is 25.1 Å². The number of amides is 1. The molecule has 20 heavy (non-hydrogen) atoms. The zero-order valence-corrected chi connectivity index (χ0v) is 12.1. The molecule has 0 saturated heterocycles. The number of aryl methyl sites for hydroxylation is 1. The van der Waals surface area contributed by atoms with Gasteiger partial charge < -0.3 is 11.1 Å². The molecular weight excluding hydrogens is 330 g/mol. The number of halogens is 3. The number of carbonyl (C=O) groups excluding carboxylic acids is 1. The van der Waals surface area contributed by atoms with Gasteiger partial charge >= 0.3 is 0 Å². The molecular formula is C14H11BrF2N2O. The number of rotatable bonds is 2. The van der Waals surface area contributed by atoms with E-state index in [2.05, 4.69) is 21.2 Å². The monoisotopic (exact) mass is 340 g/mol. The molecule has 0 radical (unpaired) electrons. The normalized spacial score (nSPS) is 10.4. The number of hydrogen-bond acceptors (Lipinski definition) is 2. The van der Waals surface area contributed by atoms with Crippen LogP contribution in [0.1, 0.15) is 15.9 Å². The molecule has 6 heteroatoms. The van der Waals surface area contributed by atoms with Crippen LogP contribution in [0.3, 0.4) is 0 Å². The number of hydrogen-bond donors (Lipinski definition) is 2. The molecule has 1 amide bonds. The Hall–Kier alpha value is -1.95. The van der Waals surface area contributed by atoms with Gasteiger partial charge in [0, 0.05) is 15.7 Å². The molecule has 0 saturated carbocycles. The van der Waals surface area contributed by atoms with E-state index in [1.807, 2.05) is 0 Å². The van der Waals surface area contributed by atoms with Crippen LogP contribution in [0, 0.1) is 18.6 Å². The molecule has 3 nitrogen and oxygen atoms in total. The lowest BCUT2D eigenvalue weighted by molar-refractivity contribution is 0.102. The Morgan fingerprint density at radius 1 is 1.25 bits per heavy atom. The highest BCUT2D eigenvalue weighted by Gasteiger charge is 2.16. The molecule has 0 fully saturated rings. The number of benzene rings is 2. The fraction of sp³-hybridized carbons (Fsp3) is 0.0714. The van der Waals surface area contributed by atoms with Gasteiger partial charge in [-0.3, -0.25) is 4.79 Å². The van der Waals surface area contributed by atoms with Crippen LogP contribution >= 0.6 is 15.9 Å². The molecule has 0 aromatic heterocycles. The maximum Gasteiger partial charge on any atom is 0.255 e. The molecule has 2 aromatic rings. The highest BCUT2D eigenvalue weighted by Crippen LogP contribution is 2.23. The zero-order valence-electron chi connectivity index (χ0n) is 10.5. The molecule has 0 aliphatic carbocycles. The molecule has 0 aliphatic heterocycles. The average Bonchev–Trinajstić information content (AvgIpc) is 2.38. The SMILES string of the molecule is Cc1ccc(F)c(NC(=O)c2cc(N)cc(Br)c2)c1F. The number of nitrogens with one attached hydrogen (secondary N) is 1. The summed E-state index contributed by atoms with van der Waals surface area (Å²) in [5, 5.41) is 2.22. The van der Waals surface area contributed by atoms with Crippen LogP contribution in [0.25, 0.3) is 0 Å². The summed E-state index contributed by atoms with van der Waals surface area (Å²) < 4.78 is 28.0. The first-order valence-corrected chi connectivity index (χ1v) is 6.50. The van der Waals surface area contributed by atoms with Crippen molar-refractivity contribution in [1.82, 2.24) is 0 Å². The maximum atomic E-state index is 13.8. The highest BCUT2D eigenvalue weighted by molar-refractivity contribution is 9.10. The lowest BCUT2D eigenvalue weighted by Crippen LogP contribution is -2.15. The second kappa shape index (κ2) is 5.58. The molecule has 0 bridgehead atoms. The first kappa shape index (κ1) is 14.5. The van der Waals surface area contributed by atoms with E-state index >= 15 is 0 Å². The Bertz CT molecular complexity index is 669. The quantitative estimate of drug-likeness (QED) is 0.815. The van der Waals surface area contributed by atoms with E-state index in [9.17, 15) is 13.6 Å². The molecule has 0 aliphatic rings. The van der Waals surface area contributed by atoms with Gasteiger partial charge in [-0.2, -0.15) is 0 Å². The third-order valence-electron chi connectivity index (χ3n) is 2.71. The smallest absolute Gasteiger partial charge is 0.255 e. The van der Waals surface area contributed by atoms with Crippen molar-refractivity contribution >= 4 is 33.2 Å². The number of nitrogen functional groups attached to an aromatic ring is 1. The average molecular weight is 341 g/mol. The summed E-state index contributed by atoms with van der Waals surface area (Å²) in [7, 11) is 0. The minimum atomic E-state index is -0.829. The van der Waals surface area contributed by atoms with Crippen molar-refractivity contribution in [3.8, 4) is 0 Å². The van der Waals surface area contributed by atoms with Gasteiger partial charge in [-0.25, -0.2) is 8.78 Å². The highest BCUT2D eigenvalue weighted by atomic mass is 79.9. The Kier molecular flexibility index (Phi) is 4.04. The Morgan fingerprint density at radius 2 is 1.95 bits per heavy atom. The van der Waals surface area contributed by atoms with Crippen molar-refractivity contribution in [2.45, 2.75) is 6.92 Å². The van der Waals surface area contributed by atoms with Gasteiger partial charge in [0.25, 0.3) is 5.91 Å². The second-order valence-electron chi connectivity index (χ2n) is 4.28. The van der Waals surface area contributed by atoms with Crippen LogP contribution < -0.4 is 11.1 Å². The molecule has 0 spiro atoms. The van der Waals surface area contributed by atoms with Crippen molar-refractivity contribution in [2.75, 3.05) is 11.1 Å². The van der Waals surface area contributed by atoms with Gasteiger partial charge in [0.1, 0.15) is 11.5 Å². The Morgan fingerprint density at radius 3 is 2.60 bits per heavy atom. The third kappa shape index (κ3) is 2.96. The van der Waals surface area contributed by atoms with Crippen molar-refractivity contribution in [3.63, 3.8) is 0 Å². The van der Waals surface area contributed by atoms with E-state index in [0.29, 0.717) is 10.2 Å². The summed E-state index contributed by atoms with van der Waals surface area (Å²) in [5.41, 5.74) is 5.97. The summed E-state index contributed by atoms with van der Waals surface area (Å²) in [6, 6.07) is 6.95. The van der Waals surface area contributed by atoms with Crippen molar-refractivity contribution in [3.05, 3.63) is 57.6 Å². The second-order valence-corrected chi connectivity index (χ2v) is 5.20. The largest absolute Gasteiger partial charge is 0.399 e. The van der Waals surface area contributed by atoms with E-state index in [-0.39, 0.29) is 11.1 Å². The number of carbonyl (C=O) groups is 1. The molecule has 0 atom stereocenters. The van der Waals surface area contributed by atoms with Crippen LogP contribution in [0.5, 0.6) is 0 Å². The summed E-state index contributed by atoms with van der Waals surface area (Å²) in [6.45, 7) is 1.49. The summed E-state index contributed by atoms with van der Waals surface area (Å²) >= 11 is 3.20. The zero-order chi connectivity index (χ0) is 14.9. The van der Waals surface area contributed by atoms with Crippen molar-refractivity contribution < 1.29 is 13.6 Å². The predicted molar refractivity (Wildman–Crippen MR) is 77.6 cm³/mol. The fourth-order valence-corrected chi connectivity index (χ4v) is 2.21. The van der Waals surface area contributed by atoms with Gasteiger partial charge in [-0.15, -0.1) is 0 Å². The lowest BCUT2D eigenvalue weighted by Gasteiger charge is -2.10. The molecule has 2 rings (SSSR count). The number of nitrogens with two attached hydrogens (primary N) is 1. The van der Waals surface area contributed by atoms with Crippen LogP contribution in [0.4, 0.5) is 20.2 Å². The van der Waals surface area contributed by atoms with Gasteiger partial charge in [0.15, 0.2) is 5.82 Å². The molecule has 104 valence electrons. The Balaban J connectivity index is 2.35. The molecule has 3 N–H and O–H groups in total. The molecule has 0 heterocycles. The van der Waals surface area contributed by atoms with Crippen molar-refractivity contribution in [1.29, 1.82) is 0 Å². The number of anilines is 2. The van der Waals surface area contributed by atoms with Crippen LogP contribution in [0.2, 0.25) is 0 Å². The fourth-order valence-electron chi connectivity index (χ4n) is 1.70. The van der Waals surface area contributed by atoms with Crippen LogP contribution in [-0.4, -0.2) is 5.91 Å². The van der Waals surface area contributed by atoms with Crippen LogP contribution in [0.15, 0.2) is 34.8 Å². The predicted octanol–water partition coefficient (Wildman–Crippen LogP) is 3.87. The molecule has 0 unspecified atom stereocenters.